The minimum absolute atomic E-state index is 0.263. The van der Waals surface area contributed by atoms with E-state index < -0.39 is 0 Å². The Bertz CT molecular complexity index is 229. The van der Waals surface area contributed by atoms with Gasteiger partial charge in [0.25, 0.3) is 0 Å². The fourth-order valence-electron chi connectivity index (χ4n) is 2.36. The highest BCUT2D eigenvalue weighted by molar-refractivity contribution is 5.72. The van der Waals surface area contributed by atoms with Crippen LogP contribution in [0.5, 0.6) is 0 Å². The number of nitrogens with two attached hydrogens (primary N) is 1. The van der Waals surface area contributed by atoms with Gasteiger partial charge in [-0.1, -0.05) is 12.2 Å². The van der Waals surface area contributed by atoms with Crippen LogP contribution in [0.3, 0.4) is 0 Å². The van der Waals surface area contributed by atoms with Crippen molar-refractivity contribution in [1.82, 2.24) is 4.90 Å². The summed E-state index contributed by atoms with van der Waals surface area (Å²) < 4.78 is 0. The van der Waals surface area contributed by atoms with E-state index in [4.69, 9.17) is 5.73 Å². The molecule has 1 saturated heterocycles. The molecule has 0 unspecified atom stereocenters. The third-order valence-electron chi connectivity index (χ3n) is 3.40. The van der Waals surface area contributed by atoms with Gasteiger partial charge in [-0.25, -0.2) is 4.79 Å². The summed E-state index contributed by atoms with van der Waals surface area (Å²) in [5.41, 5.74) is 5.70. The van der Waals surface area contributed by atoms with E-state index in [1.165, 1.54) is 12.8 Å². The molecule has 0 aromatic heterocycles. The first kappa shape index (κ1) is 8.60. The standard InChI is InChI=1S/C10H16N2O/c11-9(13)12-7-5-10(6-8-12)3-1-2-4-10/h1-2H,3-8H2,(H2,11,13). The molecule has 0 bridgehead atoms. The largest absolute Gasteiger partial charge is 0.351 e. The monoisotopic (exact) mass is 180 g/mol. The van der Waals surface area contributed by atoms with E-state index in [1.54, 1.807) is 4.90 Å². The number of allylic oxidation sites excluding steroid dienone is 2. The van der Waals surface area contributed by atoms with Crippen molar-refractivity contribution >= 4 is 6.03 Å². The molecule has 1 heterocycles. The molecule has 1 spiro atoms. The predicted molar refractivity (Wildman–Crippen MR) is 51.2 cm³/mol. The molecule has 1 aliphatic carbocycles. The Kier molecular flexibility index (Phi) is 2.02. The van der Waals surface area contributed by atoms with Crippen LogP contribution in [0.15, 0.2) is 12.2 Å². The lowest BCUT2D eigenvalue weighted by Crippen LogP contribution is -2.44. The number of nitrogens with zero attached hydrogens (tertiary/aromatic N) is 1. The molecule has 2 N–H and O–H groups in total. The van der Waals surface area contributed by atoms with Crippen LogP contribution in [0.25, 0.3) is 0 Å². The van der Waals surface area contributed by atoms with Crippen LogP contribution in [0.2, 0.25) is 0 Å². The molecule has 0 atom stereocenters. The first-order valence-electron chi connectivity index (χ1n) is 4.91. The fourth-order valence-corrected chi connectivity index (χ4v) is 2.36. The Labute approximate surface area is 78.6 Å². The molecule has 13 heavy (non-hydrogen) atoms. The second kappa shape index (κ2) is 3.05. The molecule has 0 saturated carbocycles. The third kappa shape index (κ3) is 1.55. The predicted octanol–water partition coefficient (Wildman–Crippen LogP) is 1.50. The van der Waals surface area contributed by atoms with E-state index in [-0.39, 0.29) is 6.03 Å². The summed E-state index contributed by atoms with van der Waals surface area (Å²) in [5.74, 6) is 0. The van der Waals surface area contributed by atoms with Gasteiger partial charge in [0.15, 0.2) is 0 Å². The molecule has 3 nitrogen and oxygen atoms in total. The summed E-state index contributed by atoms with van der Waals surface area (Å²) >= 11 is 0. The van der Waals surface area contributed by atoms with Gasteiger partial charge in [0.1, 0.15) is 0 Å². The maximum Gasteiger partial charge on any atom is 0.314 e. The van der Waals surface area contributed by atoms with Crippen molar-refractivity contribution in [3.8, 4) is 0 Å². The summed E-state index contributed by atoms with van der Waals surface area (Å²) in [6.07, 6.45) is 9.14. The van der Waals surface area contributed by atoms with E-state index in [0.29, 0.717) is 5.41 Å². The van der Waals surface area contributed by atoms with Crippen LogP contribution in [0.4, 0.5) is 4.79 Å². The van der Waals surface area contributed by atoms with Gasteiger partial charge in [0, 0.05) is 13.1 Å². The summed E-state index contributed by atoms with van der Waals surface area (Å²) in [7, 11) is 0. The molecule has 2 aliphatic rings. The van der Waals surface area contributed by atoms with E-state index in [2.05, 4.69) is 12.2 Å². The zero-order valence-corrected chi connectivity index (χ0v) is 7.83. The lowest BCUT2D eigenvalue weighted by Gasteiger charge is -2.38. The number of hydrogen-bond donors (Lipinski definition) is 1. The van der Waals surface area contributed by atoms with Gasteiger partial charge in [0.05, 0.1) is 0 Å². The van der Waals surface area contributed by atoms with Gasteiger partial charge in [-0.15, -0.1) is 0 Å². The zero-order valence-electron chi connectivity index (χ0n) is 7.83. The van der Waals surface area contributed by atoms with Gasteiger partial charge >= 0.3 is 6.03 Å². The first-order valence-corrected chi connectivity index (χ1v) is 4.91. The SMILES string of the molecule is NC(=O)N1CCC2(CC=CC2)CC1. The molecule has 72 valence electrons. The van der Waals surface area contributed by atoms with Crippen LogP contribution in [0.1, 0.15) is 25.7 Å². The molecule has 2 amide bonds. The summed E-state index contributed by atoms with van der Waals surface area (Å²) in [6.45, 7) is 1.69. The van der Waals surface area contributed by atoms with Gasteiger partial charge in [0.2, 0.25) is 0 Å². The minimum atomic E-state index is -0.263. The lowest BCUT2D eigenvalue weighted by atomic mass is 9.76. The average molecular weight is 180 g/mol. The van der Waals surface area contributed by atoms with Crippen molar-refractivity contribution < 1.29 is 4.79 Å². The van der Waals surface area contributed by atoms with E-state index in [1.807, 2.05) is 0 Å². The van der Waals surface area contributed by atoms with E-state index >= 15 is 0 Å². The van der Waals surface area contributed by atoms with Crippen molar-refractivity contribution in [2.45, 2.75) is 25.7 Å². The number of primary amides is 1. The highest BCUT2D eigenvalue weighted by Crippen LogP contribution is 2.42. The maximum atomic E-state index is 10.9. The number of piperidine rings is 1. The Morgan fingerprint density at radius 3 is 2.23 bits per heavy atom. The summed E-state index contributed by atoms with van der Waals surface area (Å²) in [4.78, 5) is 12.6. The molecule has 3 heteroatoms. The number of carbonyl (C=O) groups is 1. The molecule has 0 radical (unpaired) electrons. The van der Waals surface area contributed by atoms with Crippen LogP contribution < -0.4 is 5.73 Å². The summed E-state index contributed by atoms with van der Waals surface area (Å²) in [5, 5.41) is 0. The van der Waals surface area contributed by atoms with Gasteiger partial charge in [-0.2, -0.15) is 0 Å². The minimum Gasteiger partial charge on any atom is -0.351 e. The van der Waals surface area contributed by atoms with E-state index in [9.17, 15) is 4.79 Å². The fraction of sp³-hybridized carbons (Fsp3) is 0.700. The Hall–Kier alpha value is -0.990. The number of carbonyl (C=O) groups excluding carboxylic acids is 1. The molecular formula is C10H16N2O. The number of amides is 2. The van der Waals surface area contributed by atoms with Crippen molar-refractivity contribution in [2.24, 2.45) is 11.1 Å². The zero-order chi connectivity index (χ0) is 9.31. The molecule has 1 aliphatic heterocycles. The maximum absolute atomic E-state index is 10.9. The topological polar surface area (TPSA) is 46.3 Å². The van der Waals surface area contributed by atoms with Gasteiger partial charge < -0.3 is 10.6 Å². The quantitative estimate of drug-likeness (QED) is 0.564. The third-order valence-corrected chi connectivity index (χ3v) is 3.40. The number of hydrogen-bond acceptors (Lipinski definition) is 1. The number of rotatable bonds is 0. The Morgan fingerprint density at radius 1 is 1.23 bits per heavy atom. The number of urea groups is 1. The van der Waals surface area contributed by atoms with Crippen molar-refractivity contribution in [3.63, 3.8) is 0 Å². The molecule has 2 rings (SSSR count). The highest BCUT2D eigenvalue weighted by atomic mass is 16.2. The van der Waals surface area contributed by atoms with Crippen molar-refractivity contribution in [1.29, 1.82) is 0 Å². The average Bonchev–Trinajstić information content (AvgIpc) is 2.54. The number of likely N-dealkylation sites (tertiary alicyclic amines) is 1. The molecule has 1 fully saturated rings. The highest BCUT2D eigenvalue weighted by Gasteiger charge is 2.35. The van der Waals surface area contributed by atoms with Crippen molar-refractivity contribution in [3.05, 3.63) is 12.2 Å². The van der Waals surface area contributed by atoms with Gasteiger partial charge in [-0.05, 0) is 31.1 Å². The molecule has 0 aromatic carbocycles. The molecule has 0 aromatic rings. The lowest BCUT2D eigenvalue weighted by molar-refractivity contribution is 0.130. The van der Waals surface area contributed by atoms with E-state index in [0.717, 1.165) is 25.9 Å². The van der Waals surface area contributed by atoms with Crippen LogP contribution >= 0.6 is 0 Å². The first-order chi connectivity index (χ1) is 6.22. The normalized spacial score (nSPS) is 25.4. The summed E-state index contributed by atoms with van der Waals surface area (Å²) in [6, 6.07) is -0.263. The van der Waals surface area contributed by atoms with Crippen LogP contribution in [-0.2, 0) is 0 Å². The van der Waals surface area contributed by atoms with Crippen LogP contribution in [0, 0.1) is 5.41 Å². The van der Waals surface area contributed by atoms with Gasteiger partial charge in [-0.3, -0.25) is 0 Å². The smallest absolute Gasteiger partial charge is 0.314 e. The Balaban J connectivity index is 1.92. The second-order valence-electron chi connectivity index (χ2n) is 4.20. The van der Waals surface area contributed by atoms with Crippen molar-refractivity contribution in [2.75, 3.05) is 13.1 Å². The Morgan fingerprint density at radius 2 is 1.77 bits per heavy atom. The van der Waals surface area contributed by atoms with Crippen LogP contribution in [-0.4, -0.2) is 24.0 Å². The second-order valence-corrected chi connectivity index (χ2v) is 4.20. The molecular weight excluding hydrogens is 164 g/mol.